The molecule has 6 heteroatoms. The maximum Gasteiger partial charge on any atom is 0.339 e. The molecule has 0 bridgehead atoms. The third-order valence-corrected chi connectivity index (χ3v) is 4.17. The van der Waals surface area contributed by atoms with E-state index < -0.39 is 16.8 Å². The molecule has 0 fully saturated rings. The van der Waals surface area contributed by atoms with Gasteiger partial charge in [-0.25, -0.2) is 4.79 Å². The Morgan fingerprint density at radius 1 is 1.28 bits per heavy atom. The summed E-state index contributed by atoms with van der Waals surface area (Å²) in [5.74, 6) is -0.800. The maximum absolute atomic E-state index is 12.0. The summed E-state index contributed by atoms with van der Waals surface area (Å²) in [5, 5.41) is 8.91. The molecule has 0 aliphatic rings. The van der Waals surface area contributed by atoms with E-state index in [1.54, 1.807) is 24.3 Å². The van der Waals surface area contributed by atoms with E-state index in [0.717, 1.165) is 4.47 Å². The third-order valence-electron chi connectivity index (χ3n) is 2.31. The highest BCUT2D eigenvalue weighted by molar-refractivity contribution is 9.10. The average Bonchev–Trinajstić information content (AvgIpc) is 2.78. The van der Waals surface area contributed by atoms with Crippen LogP contribution in [0.5, 0.6) is 0 Å². The largest absolute Gasteiger partial charge is 0.478 e. The fourth-order valence-electron chi connectivity index (χ4n) is 1.43. The van der Waals surface area contributed by atoms with Crippen molar-refractivity contribution < 1.29 is 18.5 Å². The fourth-order valence-corrected chi connectivity index (χ4v) is 2.76. The minimum absolute atomic E-state index is 0.0519. The molecule has 94 valence electrons. The van der Waals surface area contributed by atoms with Crippen LogP contribution in [0, 0.1) is 0 Å². The van der Waals surface area contributed by atoms with Crippen LogP contribution in [0.15, 0.2) is 50.4 Å². The standard InChI is InChI=1S/C12H9BrO4S/c13-8-1-3-9(4-2-8)18(16)7-11-10(12(14)15)5-6-17-11/h1-6H,7H2,(H,14,15). The summed E-state index contributed by atoms with van der Waals surface area (Å²) in [6.45, 7) is 0. The molecule has 1 aromatic carbocycles. The van der Waals surface area contributed by atoms with E-state index in [0.29, 0.717) is 4.90 Å². The molecule has 0 saturated carbocycles. The molecule has 1 heterocycles. The first-order chi connectivity index (χ1) is 8.58. The van der Waals surface area contributed by atoms with Crippen LogP contribution in [-0.2, 0) is 16.6 Å². The van der Waals surface area contributed by atoms with Crippen LogP contribution in [0.25, 0.3) is 0 Å². The lowest BCUT2D eigenvalue weighted by Crippen LogP contribution is -2.02. The Balaban J connectivity index is 2.19. The van der Waals surface area contributed by atoms with Gasteiger partial charge in [-0.1, -0.05) is 15.9 Å². The Kier molecular flexibility index (Phi) is 3.98. The van der Waals surface area contributed by atoms with Gasteiger partial charge in [0, 0.05) is 9.37 Å². The van der Waals surface area contributed by atoms with Crippen molar-refractivity contribution in [3.05, 3.63) is 52.4 Å². The van der Waals surface area contributed by atoms with Crippen LogP contribution in [0.2, 0.25) is 0 Å². The minimum Gasteiger partial charge on any atom is -0.478 e. The first-order valence-electron chi connectivity index (χ1n) is 5.01. The summed E-state index contributed by atoms with van der Waals surface area (Å²) in [7, 11) is -1.33. The number of hydrogen-bond donors (Lipinski definition) is 1. The Labute approximate surface area is 114 Å². The molecule has 0 spiro atoms. The van der Waals surface area contributed by atoms with E-state index in [4.69, 9.17) is 9.52 Å². The first-order valence-corrected chi connectivity index (χ1v) is 7.12. The highest BCUT2D eigenvalue weighted by Gasteiger charge is 2.16. The Bertz CT molecular complexity index is 588. The van der Waals surface area contributed by atoms with E-state index in [2.05, 4.69) is 15.9 Å². The number of rotatable bonds is 4. The maximum atomic E-state index is 12.0. The van der Waals surface area contributed by atoms with E-state index in [9.17, 15) is 9.00 Å². The van der Waals surface area contributed by atoms with E-state index >= 15 is 0 Å². The summed E-state index contributed by atoms with van der Waals surface area (Å²) in [6, 6.07) is 8.38. The zero-order valence-electron chi connectivity index (χ0n) is 9.13. The van der Waals surface area contributed by atoms with Crippen molar-refractivity contribution >= 4 is 32.7 Å². The first kappa shape index (κ1) is 13.0. The van der Waals surface area contributed by atoms with Crippen LogP contribution < -0.4 is 0 Å². The lowest BCUT2D eigenvalue weighted by atomic mass is 10.3. The summed E-state index contributed by atoms with van der Waals surface area (Å²) >= 11 is 3.29. The van der Waals surface area contributed by atoms with Crippen LogP contribution in [0.1, 0.15) is 16.1 Å². The molecule has 2 aromatic rings. The molecule has 2 rings (SSSR count). The SMILES string of the molecule is O=C(O)c1ccoc1CS(=O)c1ccc(Br)cc1. The van der Waals surface area contributed by atoms with Crippen LogP contribution in [-0.4, -0.2) is 15.3 Å². The quantitative estimate of drug-likeness (QED) is 0.936. The summed E-state index contributed by atoms with van der Waals surface area (Å²) < 4.78 is 18.0. The van der Waals surface area contributed by atoms with Gasteiger partial charge in [-0.15, -0.1) is 0 Å². The van der Waals surface area contributed by atoms with Gasteiger partial charge >= 0.3 is 5.97 Å². The van der Waals surface area contributed by atoms with Gasteiger partial charge in [-0.05, 0) is 30.3 Å². The average molecular weight is 329 g/mol. The summed E-state index contributed by atoms with van der Waals surface area (Å²) in [6.07, 6.45) is 1.29. The van der Waals surface area contributed by atoms with E-state index in [1.807, 2.05) is 0 Å². The molecule has 1 N–H and O–H groups in total. The van der Waals surface area contributed by atoms with Crippen molar-refractivity contribution in [3.63, 3.8) is 0 Å². The molecule has 0 aliphatic carbocycles. The second-order valence-corrected chi connectivity index (χ2v) is 5.87. The van der Waals surface area contributed by atoms with Crippen molar-refractivity contribution in [1.82, 2.24) is 0 Å². The molecular formula is C12H9BrO4S. The topological polar surface area (TPSA) is 67.5 Å². The molecule has 0 amide bonds. The Morgan fingerprint density at radius 2 is 1.94 bits per heavy atom. The van der Waals surface area contributed by atoms with E-state index in [1.165, 1.54) is 12.3 Å². The number of carboxylic acid groups (broad SMARTS) is 1. The van der Waals surface area contributed by atoms with Gasteiger partial charge in [0.2, 0.25) is 0 Å². The predicted octanol–water partition coefficient (Wildman–Crippen LogP) is 3.05. The second-order valence-electron chi connectivity index (χ2n) is 3.51. The Morgan fingerprint density at radius 3 is 2.56 bits per heavy atom. The smallest absolute Gasteiger partial charge is 0.339 e. The van der Waals surface area contributed by atoms with Gasteiger partial charge in [0.25, 0.3) is 0 Å². The van der Waals surface area contributed by atoms with Crippen molar-refractivity contribution in [3.8, 4) is 0 Å². The lowest BCUT2D eigenvalue weighted by Gasteiger charge is -2.01. The second kappa shape index (κ2) is 5.49. The van der Waals surface area contributed by atoms with Crippen molar-refractivity contribution in [2.75, 3.05) is 0 Å². The van der Waals surface area contributed by atoms with Crippen LogP contribution in [0.4, 0.5) is 0 Å². The summed E-state index contributed by atoms with van der Waals surface area (Å²) in [4.78, 5) is 11.5. The zero-order chi connectivity index (χ0) is 13.1. The molecular weight excluding hydrogens is 320 g/mol. The number of carbonyl (C=O) groups is 1. The van der Waals surface area contributed by atoms with Gasteiger partial charge in [0.05, 0.1) is 22.8 Å². The summed E-state index contributed by atoms with van der Waals surface area (Å²) in [5.41, 5.74) is 0.0560. The van der Waals surface area contributed by atoms with Gasteiger partial charge in [0.15, 0.2) is 0 Å². The molecule has 1 unspecified atom stereocenters. The monoisotopic (exact) mass is 328 g/mol. The van der Waals surface area contributed by atoms with Crippen LogP contribution in [0.3, 0.4) is 0 Å². The number of hydrogen-bond acceptors (Lipinski definition) is 3. The molecule has 18 heavy (non-hydrogen) atoms. The predicted molar refractivity (Wildman–Crippen MR) is 69.9 cm³/mol. The molecule has 1 atom stereocenters. The number of furan rings is 1. The third kappa shape index (κ3) is 2.88. The normalized spacial score (nSPS) is 12.3. The van der Waals surface area contributed by atoms with Gasteiger partial charge in [-0.2, -0.15) is 0 Å². The lowest BCUT2D eigenvalue weighted by molar-refractivity contribution is 0.0695. The van der Waals surface area contributed by atoms with E-state index in [-0.39, 0.29) is 17.1 Å². The van der Waals surface area contributed by atoms with Crippen molar-refractivity contribution in [2.24, 2.45) is 0 Å². The molecule has 0 saturated heterocycles. The number of aromatic carboxylic acids is 1. The molecule has 0 aliphatic heterocycles. The molecule has 4 nitrogen and oxygen atoms in total. The zero-order valence-corrected chi connectivity index (χ0v) is 11.5. The highest BCUT2D eigenvalue weighted by atomic mass is 79.9. The highest BCUT2D eigenvalue weighted by Crippen LogP contribution is 2.19. The minimum atomic E-state index is -1.33. The van der Waals surface area contributed by atoms with Crippen LogP contribution >= 0.6 is 15.9 Å². The van der Waals surface area contributed by atoms with Crippen molar-refractivity contribution in [1.29, 1.82) is 0 Å². The molecule has 1 aromatic heterocycles. The van der Waals surface area contributed by atoms with Gasteiger partial charge in [-0.3, -0.25) is 4.21 Å². The van der Waals surface area contributed by atoms with Gasteiger partial charge in [0.1, 0.15) is 11.3 Å². The molecule has 0 radical (unpaired) electrons. The Hall–Kier alpha value is -1.40. The van der Waals surface area contributed by atoms with Crippen molar-refractivity contribution in [2.45, 2.75) is 10.6 Å². The number of carboxylic acids is 1. The van der Waals surface area contributed by atoms with Gasteiger partial charge < -0.3 is 9.52 Å². The number of halogens is 1. The fraction of sp³-hybridized carbons (Fsp3) is 0.0833. The number of benzene rings is 1.